The van der Waals surface area contributed by atoms with E-state index in [-0.39, 0.29) is 17.4 Å². The molecule has 0 aromatic carbocycles. The molecule has 5 nitrogen and oxygen atoms in total. The van der Waals surface area contributed by atoms with E-state index in [1.54, 1.807) is 17.3 Å². The Morgan fingerprint density at radius 1 is 1.53 bits per heavy atom. The number of carbonyl (C=O) groups is 2. The molecule has 2 rings (SSSR count). The summed E-state index contributed by atoms with van der Waals surface area (Å²) in [6.07, 6.45) is 5.08. The van der Waals surface area contributed by atoms with E-state index in [0.717, 1.165) is 36.3 Å². The van der Waals surface area contributed by atoms with Crippen LogP contribution in [0.25, 0.3) is 0 Å². The Kier molecular flexibility index (Phi) is 4.21. The van der Waals surface area contributed by atoms with E-state index in [9.17, 15) is 9.59 Å². The summed E-state index contributed by atoms with van der Waals surface area (Å²) < 4.78 is 5.31. The van der Waals surface area contributed by atoms with Gasteiger partial charge in [0, 0.05) is 24.2 Å². The summed E-state index contributed by atoms with van der Waals surface area (Å²) in [5.41, 5.74) is 1.03. The molecule has 0 spiro atoms. The zero-order valence-electron chi connectivity index (χ0n) is 10.6. The first-order valence-electron chi connectivity index (χ1n) is 5.98. The van der Waals surface area contributed by atoms with Crippen molar-refractivity contribution in [3.63, 3.8) is 0 Å². The number of carbonyl (C=O) groups excluding carboxylic acids is 1. The van der Waals surface area contributed by atoms with Crippen LogP contribution in [-0.2, 0) is 4.79 Å². The van der Waals surface area contributed by atoms with Crippen molar-refractivity contribution in [1.29, 1.82) is 0 Å². The fourth-order valence-electron chi connectivity index (χ4n) is 1.87. The van der Waals surface area contributed by atoms with Crippen molar-refractivity contribution < 1.29 is 19.4 Å². The fraction of sp³-hybridized carbons (Fsp3) is 0.385. The number of hydrogen-bond acceptors (Lipinski definition) is 4. The summed E-state index contributed by atoms with van der Waals surface area (Å²) in [5, 5.41) is 10.4. The van der Waals surface area contributed by atoms with E-state index < -0.39 is 5.97 Å². The number of nitrogens with zero attached hydrogens (tertiary/aromatic N) is 1. The van der Waals surface area contributed by atoms with Crippen LogP contribution in [0.3, 0.4) is 0 Å². The van der Waals surface area contributed by atoms with Crippen molar-refractivity contribution in [2.24, 2.45) is 0 Å². The SMILES string of the molecule is CN(C(=O)COc1csc(C(=O)O)c1)C1=CCCC1. The molecule has 19 heavy (non-hydrogen) atoms. The molecule has 0 fully saturated rings. The summed E-state index contributed by atoms with van der Waals surface area (Å²) in [6.45, 7) is -0.0797. The van der Waals surface area contributed by atoms with Crippen LogP contribution in [0.5, 0.6) is 5.75 Å². The Balaban J connectivity index is 1.87. The first-order chi connectivity index (χ1) is 9.08. The summed E-state index contributed by atoms with van der Waals surface area (Å²) in [7, 11) is 1.74. The third-order valence-corrected chi connectivity index (χ3v) is 3.87. The largest absolute Gasteiger partial charge is 0.483 e. The van der Waals surface area contributed by atoms with Crippen LogP contribution < -0.4 is 4.74 Å². The number of allylic oxidation sites excluding steroid dienone is 2. The van der Waals surface area contributed by atoms with Crippen molar-refractivity contribution in [1.82, 2.24) is 4.90 Å². The maximum absolute atomic E-state index is 11.9. The van der Waals surface area contributed by atoms with Gasteiger partial charge in [0.1, 0.15) is 10.6 Å². The Hall–Kier alpha value is -1.82. The highest BCUT2D eigenvalue weighted by molar-refractivity contribution is 7.12. The molecule has 0 radical (unpaired) electrons. The minimum Gasteiger partial charge on any atom is -0.483 e. The van der Waals surface area contributed by atoms with Crippen LogP contribution in [0.15, 0.2) is 23.2 Å². The lowest BCUT2D eigenvalue weighted by Gasteiger charge is -2.18. The summed E-state index contributed by atoms with van der Waals surface area (Å²) in [5.74, 6) is -0.694. The second kappa shape index (κ2) is 5.88. The molecule has 1 amide bonds. The van der Waals surface area contributed by atoms with Crippen molar-refractivity contribution in [2.45, 2.75) is 19.3 Å². The molecular weight excluding hydrogens is 266 g/mol. The number of amides is 1. The molecule has 1 aromatic rings. The molecule has 0 atom stereocenters. The van der Waals surface area contributed by atoms with Gasteiger partial charge in [-0.2, -0.15) is 0 Å². The van der Waals surface area contributed by atoms with Gasteiger partial charge in [-0.1, -0.05) is 6.08 Å². The zero-order valence-corrected chi connectivity index (χ0v) is 11.4. The average Bonchev–Trinajstić information content (AvgIpc) is 3.05. The second-order valence-corrected chi connectivity index (χ2v) is 5.19. The smallest absolute Gasteiger partial charge is 0.346 e. The second-order valence-electron chi connectivity index (χ2n) is 4.28. The number of thiophene rings is 1. The normalized spacial score (nSPS) is 14.1. The molecule has 6 heteroatoms. The lowest BCUT2D eigenvalue weighted by Crippen LogP contribution is -2.30. The molecule has 1 heterocycles. The van der Waals surface area contributed by atoms with Gasteiger partial charge in [0.2, 0.25) is 0 Å². The van der Waals surface area contributed by atoms with Gasteiger partial charge in [-0.05, 0) is 19.3 Å². The predicted molar refractivity (Wildman–Crippen MR) is 71.5 cm³/mol. The molecule has 0 saturated heterocycles. The summed E-state index contributed by atoms with van der Waals surface area (Å²) in [4.78, 5) is 24.4. The first kappa shape index (κ1) is 13.6. The molecule has 1 aliphatic rings. The van der Waals surface area contributed by atoms with Gasteiger partial charge in [0.05, 0.1) is 0 Å². The number of carboxylic acids is 1. The summed E-state index contributed by atoms with van der Waals surface area (Å²) in [6, 6.07) is 1.43. The van der Waals surface area contributed by atoms with Crippen LogP contribution in [0.1, 0.15) is 28.9 Å². The predicted octanol–water partition coefficient (Wildman–Crippen LogP) is 2.35. The van der Waals surface area contributed by atoms with Gasteiger partial charge in [0.15, 0.2) is 6.61 Å². The minimum absolute atomic E-state index is 0.0797. The van der Waals surface area contributed by atoms with Crippen LogP contribution in [0.2, 0.25) is 0 Å². The van der Waals surface area contributed by atoms with Crippen LogP contribution in [-0.4, -0.2) is 35.5 Å². The number of carboxylic acid groups (broad SMARTS) is 1. The number of ether oxygens (including phenoxy) is 1. The quantitative estimate of drug-likeness (QED) is 0.899. The standard InChI is InChI=1S/C13H15NO4S/c1-14(9-4-2-3-5-9)12(15)7-18-10-6-11(13(16)17)19-8-10/h4,6,8H,2-3,5,7H2,1H3,(H,16,17). The maximum atomic E-state index is 11.9. The first-order valence-corrected chi connectivity index (χ1v) is 6.86. The highest BCUT2D eigenvalue weighted by atomic mass is 32.1. The van der Waals surface area contributed by atoms with Gasteiger partial charge in [-0.15, -0.1) is 11.3 Å². The third kappa shape index (κ3) is 3.35. The van der Waals surface area contributed by atoms with Crippen LogP contribution >= 0.6 is 11.3 Å². The van der Waals surface area contributed by atoms with Gasteiger partial charge in [-0.25, -0.2) is 4.79 Å². The molecule has 0 saturated carbocycles. The van der Waals surface area contributed by atoms with Crippen molar-refractivity contribution >= 4 is 23.2 Å². The number of rotatable bonds is 5. The van der Waals surface area contributed by atoms with Gasteiger partial charge in [0.25, 0.3) is 5.91 Å². The Labute approximate surface area is 115 Å². The van der Waals surface area contributed by atoms with Gasteiger partial charge < -0.3 is 14.7 Å². The molecule has 0 aliphatic heterocycles. The van der Waals surface area contributed by atoms with E-state index in [4.69, 9.17) is 9.84 Å². The van der Waals surface area contributed by atoms with Gasteiger partial charge in [-0.3, -0.25) is 4.79 Å². The fourth-order valence-corrected chi connectivity index (χ4v) is 2.53. The monoisotopic (exact) mass is 281 g/mol. The van der Waals surface area contributed by atoms with Gasteiger partial charge >= 0.3 is 5.97 Å². The average molecular weight is 281 g/mol. The van der Waals surface area contributed by atoms with E-state index >= 15 is 0 Å². The van der Waals surface area contributed by atoms with E-state index in [1.165, 1.54) is 6.07 Å². The van der Waals surface area contributed by atoms with Crippen LogP contribution in [0, 0.1) is 0 Å². The Morgan fingerprint density at radius 2 is 2.32 bits per heavy atom. The van der Waals surface area contributed by atoms with Crippen molar-refractivity contribution in [2.75, 3.05) is 13.7 Å². The highest BCUT2D eigenvalue weighted by Crippen LogP contribution is 2.23. The molecular formula is C13H15NO4S. The van der Waals surface area contributed by atoms with Crippen molar-refractivity contribution in [3.05, 3.63) is 28.1 Å². The molecule has 1 aromatic heterocycles. The lowest BCUT2D eigenvalue weighted by atomic mass is 10.3. The molecule has 1 N–H and O–H groups in total. The molecule has 0 bridgehead atoms. The maximum Gasteiger partial charge on any atom is 0.346 e. The topological polar surface area (TPSA) is 66.8 Å². The minimum atomic E-state index is -0.987. The Bertz CT molecular complexity index is 520. The lowest BCUT2D eigenvalue weighted by molar-refractivity contribution is -0.130. The molecule has 0 unspecified atom stereocenters. The molecule has 102 valence electrons. The van der Waals surface area contributed by atoms with Crippen LogP contribution in [0.4, 0.5) is 0 Å². The van der Waals surface area contributed by atoms with Crippen molar-refractivity contribution in [3.8, 4) is 5.75 Å². The Morgan fingerprint density at radius 3 is 2.89 bits per heavy atom. The number of hydrogen-bond donors (Lipinski definition) is 1. The number of likely N-dealkylation sites (N-methyl/N-ethyl adjacent to an activating group) is 1. The third-order valence-electron chi connectivity index (χ3n) is 2.97. The molecule has 1 aliphatic carbocycles. The van der Waals surface area contributed by atoms with E-state index in [0.29, 0.717) is 5.75 Å². The van der Waals surface area contributed by atoms with E-state index in [1.807, 2.05) is 0 Å². The highest BCUT2D eigenvalue weighted by Gasteiger charge is 2.17. The number of aromatic carboxylic acids is 1. The van der Waals surface area contributed by atoms with E-state index in [2.05, 4.69) is 6.08 Å². The summed E-state index contributed by atoms with van der Waals surface area (Å²) >= 11 is 1.08. The zero-order chi connectivity index (χ0) is 13.8.